The van der Waals surface area contributed by atoms with Crippen molar-refractivity contribution in [2.45, 2.75) is 45.3 Å². The zero-order chi connectivity index (χ0) is 21.8. The highest BCUT2D eigenvalue weighted by atomic mass is 32.1. The van der Waals surface area contributed by atoms with Gasteiger partial charge in [0, 0.05) is 31.7 Å². The molecule has 0 aliphatic heterocycles. The van der Waals surface area contributed by atoms with E-state index in [0.29, 0.717) is 31.4 Å². The van der Waals surface area contributed by atoms with Gasteiger partial charge in [-0.15, -0.1) is 11.3 Å². The maximum Gasteiger partial charge on any atom is 0.259 e. The van der Waals surface area contributed by atoms with Crippen LogP contribution in [0.15, 0.2) is 35.1 Å². The van der Waals surface area contributed by atoms with Gasteiger partial charge in [0.15, 0.2) is 0 Å². The van der Waals surface area contributed by atoms with Crippen LogP contribution in [0.1, 0.15) is 47.7 Å². The van der Waals surface area contributed by atoms with E-state index in [1.54, 1.807) is 18.4 Å². The zero-order valence-corrected chi connectivity index (χ0v) is 19.1. The van der Waals surface area contributed by atoms with Gasteiger partial charge < -0.3 is 14.8 Å². The number of hydrogen-bond acceptors (Lipinski definition) is 6. The van der Waals surface area contributed by atoms with Gasteiger partial charge in [-0.25, -0.2) is 4.98 Å². The van der Waals surface area contributed by atoms with Crippen LogP contribution in [0.4, 0.5) is 0 Å². The molecule has 1 aromatic carbocycles. The summed E-state index contributed by atoms with van der Waals surface area (Å²) in [6, 6.07) is 9.67. The van der Waals surface area contributed by atoms with Crippen molar-refractivity contribution in [2.24, 2.45) is 5.92 Å². The van der Waals surface area contributed by atoms with Crippen molar-refractivity contribution in [1.82, 2.24) is 14.9 Å². The second-order valence-corrected chi connectivity index (χ2v) is 9.64. The summed E-state index contributed by atoms with van der Waals surface area (Å²) < 4.78 is 5.20. The number of aromatic amines is 1. The smallest absolute Gasteiger partial charge is 0.259 e. The first-order valence-electron chi connectivity index (χ1n) is 11.0. The quantitative estimate of drug-likeness (QED) is 0.495. The Kier molecular flexibility index (Phi) is 7.17. The molecule has 1 aliphatic rings. The molecule has 2 heterocycles. The van der Waals surface area contributed by atoms with Crippen molar-refractivity contribution < 1.29 is 9.84 Å². The molecule has 0 unspecified atom stereocenters. The van der Waals surface area contributed by atoms with Crippen molar-refractivity contribution >= 4 is 21.6 Å². The maximum absolute atomic E-state index is 12.9. The standard InChI is InChI=1S/C24H31N3O3S/c1-16-9-10-18-20(13-16)31-24-22(18)23(29)25-21(26-24)15-27(11-6-12-30-2)14-19(28)17-7-4-3-5-8-17/h3-5,7-8,16,19,28H,6,9-15H2,1-2H3,(H,25,26,29)/t16-,19-/m0/s1. The van der Waals surface area contributed by atoms with Gasteiger partial charge in [0.05, 0.1) is 18.0 Å². The summed E-state index contributed by atoms with van der Waals surface area (Å²) in [6.07, 6.45) is 3.37. The van der Waals surface area contributed by atoms with E-state index in [0.717, 1.165) is 48.0 Å². The average molecular weight is 442 g/mol. The average Bonchev–Trinajstić information content (AvgIpc) is 3.12. The normalized spacial score (nSPS) is 17.2. The Labute approximate surface area is 186 Å². The summed E-state index contributed by atoms with van der Waals surface area (Å²) in [4.78, 5) is 25.1. The Hall–Kier alpha value is -2.06. The number of ether oxygens (including phenoxy) is 1. The molecule has 6 nitrogen and oxygen atoms in total. The third-order valence-corrected chi connectivity index (χ3v) is 7.17. The minimum absolute atomic E-state index is 0.0347. The molecule has 0 saturated heterocycles. The summed E-state index contributed by atoms with van der Waals surface area (Å²) in [6.45, 7) is 4.62. The van der Waals surface area contributed by atoms with E-state index in [9.17, 15) is 9.90 Å². The minimum Gasteiger partial charge on any atom is -0.387 e. The molecule has 7 heteroatoms. The van der Waals surface area contributed by atoms with E-state index >= 15 is 0 Å². The van der Waals surface area contributed by atoms with Gasteiger partial charge in [-0.1, -0.05) is 37.3 Å². The summed E-state index contributed by atoms with van der Waals surface area (Å²) >= 11 is 1.67. The van der Waals surface area contributed by atoms with E-state index in [-0.39, 0.29) is 5.56 Å². The first kappa shape index (κ1) is 22.1. The van der Waals surface area contributed by atoms with Gasteiger partial charge >= 0.3 is 0 Å². The van der Waals surface area contributed by atoms with Gasteiger partial charge in [-0.2, -0.15) is 0 Å². The van der Waals surface area contributed by atoms with E-state index < -0.39 is 6.10 Å². The van der Waals surface area contributed by atoms with Crippen LogP contribution in [0.3, 0.4) is 0 Å². The number of nitrogens with one attached hydrogen (secondary N) is 1. The summed E-state index contributed by atoms with van der Waals surface area (Å²) in [5, 5.41) is 11.5. The highest BCUT2D eigenvalue weighted by molar-refractivity contribution is 7.18. The molecule has 0 bridgehead atoms. The van der Waals surface area contributed by atoms with Crippen molar-refractivity contribution in [3.63, 3.8) is 0 Å². The monoisotopic (exact) mass is 441 g/mol. The molecule has 0 amide bonds. The maximum atomic E-state index is 12.9. The number of aliphatic hydroxyl groups excluding tert-OH is 1. The molecule has 0 saturated carbocycles. The predicted molar refractivity (Wildman–Crippen MR) is 125 cm³/mol. The summed E-state index contributed by atoms with van der Waals surface area (Å²) in [5.74, 6) is 1.32. The topological polar surface area (TPSA) is 78.5 Å². The number of fused-ring (bicyclic) bond motifs is 3. The van der Waals surface area contributed by atoms with E-state index in [1.807, 2.05) is 30.3 Å². The number of nitrogens with zero attached hydrogens (tertiary/aromatic N) is 2. The van der Waals surface area contributed by atoms with E-state index in [2.05, 4.69) is 16.8 Å². The van der Waals surface area contributed by atoms with Gasteiger partial charge in [-0.3, -0.25) is 9.69 Å². The number of thiophene rings is 1. The fourth-order valence-electron chi connectivity index (χ4n) is 4.37. The third-order valence-electron chi connectivity index (χ3n) is 6.03. The number of aryl methyl sites for hydroxylation is 1. The molecule has 0 radical (unpaired) electrons. The number of aromatic nitrogens is 2. The van der Waals surface area contributed by atoms with Crippen LogP contribution in [0, 0.1) is 5.92 Å². The SMILES string of the molecule is COCCCN(Cc1nc2sc3c(c2c(=O)[nH]1)CC[C@H](C)C3)C[C@H](O)c1ccccc1. The number of aliphatic hydroxyl groups is 1. The predicted octanol–water partition coefficient (Wildman–Crippen LogP) is 3.68. The van der Waals surface area contributed by atoms with Gasteiger partial charge in [0.25, 0.3) is 5.56 Å². The van der Waals surface area contributed by atoms with Crippen LogP contribution in [0.2, 0.25) is 0 Å². The summed E-state index contributed by atoms with van der Waals surface area (Å²) in [7, 11) is 1.69. The number of methoxy groups -OCH3 is 1. The molecule has 0 fully saturated rings. The van der Waals surface area contributed by atoms with Crippen molar-refractivity contribution in [1.29, 1.82) is 0 Å². The lowest BCUT2D eigenvalue weighted by Gasteiger charge is -2.24. The first-order valence-corrected chi connectivity index (χ1v) is 11.8. The molecule has 31 heavy (non-hydrogen) atoms. The number of rotatable bonds is 9. The minimum atomic E-state index is -0.602. The lowest BCUT2D eigenvalue weighted by Crippen LogP contribution is -2.31. The Bertz CT molecular complexity index is 1060. The number of benzene rings is 1. The Morgan fingerprint density at radius 2 is 2.16 bits per heavy atom. The fourth-order valence-corrected chi connectivity index (χ4v) is 5.77. The Morgan fingerprint density at radius 1 is 1.35 bits per heavy atom. The lowest BCUT2D eigenvalue weighted by atomic mass is 9.89. The second-order valence-electron chi connectivity index (χ2n) is 8.55. The second kappa shape index (κ2) is 10.0. The van der Waals surface area contributed by atoms with Gasteiger partial charge in [0.2, 0.25) is 0 Å². The summed E-state index contributed by atoms with van der Waals surface area (Å²) in [5.41, 5.74) is 2.05. The highest BCUT2D eigenvalue weighted by Crippen LogP contribution is 2.35. The lowest BCUT2D eigenvalue weighted by molar-refractivity contribution is 0.0981. The van der Waals surface area contributed by atoms with Crippen LogP contribution in [-0.4, -0.2) is 46.8 Å². The molecular formula is C24H31N3O3S. The van der Waals surface area contributed by atoms with Crippen LogP contribution < -0.4 is 5.56 Å². The molecule has 166 valence electrons. The molecule has 2 N–H and O–H groups in total. The molecule has 2 atom stereocenters. The zero-order valence-electron chi connectivity index (χ0n) is 18.3. The highest BCUT2D eigenvalue weighted by Gasteiger charge is 2.23. The van der Waals surface area contributed by atoms with Gasteiger partial charge in [-0.05, 0) is 42.7 Å². The molecule has 2 aromatic heterocycles. The fraction of sp³-hybridized carbons (Fsp3) is 0.500. The molecular weight excluding hydrogens is 410 g/mol. The van der Waals surface area contributed by atoms with Crippen molar-refractivity contribution in [2.75, 3.05) is 26.8 Å². The van der Waals surface area contributed by atoms with Crippen LogP contribution in [0.25, 0.3) is 10.2 Å². The molecule has 0 spiro atoms. The van der Waals surface area contributed by atoms with E-state index in [1.165, 1.54) is 10.4 Å². The first-order chi connectivity index (χ1) is 15.0. The van der Waals surface area contributed by atoms with Crippen molar-refractivity contribution in [3.05, 3.63) is 62.5 Å². The Morgan fingerprint density at radius 3 is 2.94 bits per heavy atom. The molecule has 1 aliphatic carbocycles. The Balaban J connectivity index is 1.56. The molecule has 4 rings (SSSR count). The van der Waals surface area contributed by atoms with Gasteiger partial charge in [0.1, 0.15) is 10.7 Å². The molecule has 3 aromatic rings. The number of hydrogen-bond donors (Lipinski definition) is 2. The van der Waals surface area contributed by atoms with Crippen LogP contribution >= 0.6 is 11.3 Å². The largest absolute Gasteiger partial charge is 0.387 e. The van der Waals surface area contributed by atoms with Crippen molar-refractivity contribution in [3.8, 4) is 0 Å². The third kappa shape index (κ3) is 5.23. The van der Waals surface area contributed by atoms with Crippen LogP contribution in [-0.2, 0) is 24.1 Å². The number of H-pyrrole nitrogens is 1. The van der Waals surface area contributed by atoms with E-state index in [4.69, 9.17) is 9.72 Å². The van der Waals surface area contributed by atoms with Crippen LogP contribution in [0.5, 0.6) is 0 Å².